The zero-order valence-electron chi connectivity index (χ0n) is 24.6. The van der Waals surface area contributed by atoms with Gasteiger partial charge in [-0.15, -0.1) is 11.6 Å². The molecule has 1 heterocycles. The van der Waals surface area contributed by atoms with Gasteiger partial charge >= 0.3 is 0 Å². The Morgan fingerprint density at radius 2 is 0.689 bits per heavy atom. The third-order valence-corrected chi connectivity index (χ3v) is 9.24. The van der Waals surface area contributed by atoms with E-state index in [-0.39, 0.29) is 0 Å². The Kier molecular flexibility index (Phi) is 9.58. The molecule has 2 nitrogen and oxygen atoms in total. The Morgan fingerprint density at radius 3 is 0.933 bits per heavy atom. The first-order valence-electron chi connectivity index (χ1n) is 14.9. The molecule has 45 heavy (non-hydrogen) atoms. The summed E-state index contributed by atoms with van der Waals surface area (Å²) in [6.45, 7) is 0. The van der Waals surface area contributed by atoms with Crippen LogP contribution in [0.25, 0.3) is 0 Å². The molecule has 0 unspecified atom stereocenters. The van der Waals surface area contributed by atoms with Gasteiger partial charge in [-0.1, -0.05) is 182 Å². The highest BCUT2D eigenvalue weighted by molar-refractivity contribution is 14.1. The number of nitrogens with zero attached hydrogens (tertiary/aromatic N) is 2. The summed E-state index contributed by atoms with van der Waals surface area (Å²) in [5.41, 5.74) is 6.42. The molecule has 0 aliphatic heterocycles. The largest absolute Gasteiger partial charge is 0.318 e. The molecule has 0 fully saturated rings. The van der Waals surface area contributed by atoms with Crippen LogP contribution in [0.2, 0.25) is 0 Å². The van der Waals surface area contributed by atoms with Gasteiger partial charge in [-0.3, -0.25) is 0 Å². The van der Waals surface area contributed by atoms with Gasteiger partial charge in [0.05, 0.1) is 6.33 Å². The van der Waals surface area contributed by atoms with E-state index in [9.17, 15) is 0 Å². The maximum atomic E-state index is 7.12. The molecule has 6 aromatic carbocycles. The predicted molar refractivity (Wildman–Crippen MR) is 195 cm³/mol. The number of hydrogen-bond acceptors (Lipinski definition) is 1. The highest BCUT2D eigenvalue weighted by Crippen LogP contribution is 2.43. The summed E-state index contributed by atoms with van der Waals surface area (Å²) in [6, 6.07) is 62.5. The van der Waals surface area contributed by atoms with Gasteiger partial charge in [-0.05, 0) is 56.0 Å². The van der Waals surface area contributed by atoms with Gasteiger partial charge < -0.3 is 4.57 Å². The first-order valence-corrected chi connectivity index (χ1v) is 16.3. The van der Waals surface area contributed by atoms with Crippen LogP contribution in [0, 0.1) is 3.70 Å². The fraction of sp³-hybridized carbons (Fsp3) is 0.0488. The second-order valence-corrected chi connectivity index (χ2v) is 12.3. The third kappa shape index (κ3) is 6.24. The quantitative estimate of drug-likeness (QED) is 0.0913. The Bertz CT molecular complexity index is 1700. The van der Waals surface area contributed by atoms with E-state index in [2.05, 4.69) is 166 Å². The predicted octanol–water partition coefficient (Wildman–Crippen LogP) is 10.5. The van der Waals surface area contributed by atoms with Crippen molar-refractivity contribution in [3.05, 3.63) is 232 Å². The fourth-order valence-electron chi connectivity index (χ4n) is 5.97. The van der Waals surface area contributed by atoms with Crippen LogP contribution < -0.4 is 0 Å². The van der Waals surface area contributed by atoms with Crippen LogP contribution in [0.4, 0.5) is 0 Å². The van der Waals surface area contributed by atoms with Crippen LogP contribution in [0.5, 0.6) is 0 Å². The number of hydrogen-bond donors (Lipinski definition) is 0. The molecule has 7 rings (SSSR count). The van der Waals surface area contributed by atoms with E-state index in [0.29, 0.717) is 0 Å². The summed E-state index contributed by atoms with van der Waals surface area (Å²) in [4.78, 5) is 3.86. The topological polar surface area (TPSA) is 17.8 Å². The molecule has 1 aromatic heterocycles. The van der Waals surface area contributed by atoms with Crippen molar-refractivity contribution in [2.24, 2.45) is 0 Å². The zero-order chi connectivity index (χ0) is 31.0. The van der Waals surface area contributed by atoms with Crippen molar-refractivity contribution in [1.29, 1.82) is 0 Å². The van der Waals surface area contributed by atoms with Crippen molar-refractivity contribution < 1.29 is 0 Å². The summed E-state index contributed by atoms with van der Waals surface area (Å²) in [7, 11) is 0. The molecule has 0 saturated carbocycles. The van der Waals surface area contributed by atoms with Crippen LogP contribution in [0.3, 0.4) is 0 Å². The summed E-state index contributed by atoms with van der Waals surface area (Å²) in [5.74, 6) is 0. The standard InChI is InChI=1S/C22H17IN2.C19H15Cl/c23-21-16-25(17-24-21)22(18-10-4-1-5-11-18,19-12-6-2-7-13-19)20-14-8-3-9-15-20;20-19(16-10-4-1-5-11-16,17-12-6-2-7-13-17)18-14-8-3-9-15-18/h1-17H;1-15H. The molecule has 0 atom stereocenters. The molecule has 0 amide bonds. The minimum Gasteiger partial charge on any atom is -0.318 e. The van der Waals surface area contributed by atoms with E-state index >= 15 is 0 Å². The number of alkyl halides is 1. The Balaban J connectivity index is 0.000000163. The molecule has 0 radical (unpaired) electrons. The zero-order valence-corrected chi connectivity index (χ0v) is 27.5. The molecule has 0 spiro atoms. The summed E-state index contributed by atoms with van der Waals surface area (Å²) in [6.07, 6.45) is 4.03. The lowest BCUT2D eigenvalue weighted by Crippen LogP contribution is -2.36. The maximum absolute atomic E-state index is 7.12. The molecule has 0 N–H and O–H groups in total. The summed E-state index contributed by atoms with van der Waals surface area (Å²) >= 11 is 9.38. The first kappa shape index (κ1) is 30.6. The van der Waals surface area contributed by atoms with Crippen LogP contribution in [0.15, 0.2) is 195 Å². The minimum absolute atomic E-state index is 0.458. The molecule has 4 heteroatoms. The Labute approximate surface area is 284 Å². The van der Waals surface area contributed by atoms with Crippen molar-refractivity contribution in [3.8, 4) is 0 Å². The normalized spacial score (nSPS) is 11.3. The molecule has 0 aliphatic carbocycles. The number of benzene rings is 6. The van der Waals surface area contributed by atoms with E-state index < -0.39 is 10.4 Å². The van der Waals surface area contributed by atoms with Crippen LogP contribution in [-0.2, 0) is 10.4 Å². The van der Waals surface area contributed by atoms with Crippen molar-refractivity contribution in [2.75, 3.05) is 0 Å². The van der Waals surface area contributed by atoms with Gasteiger partial charge in [-0.2, -0.15) is 0 Å². The van der Waals surface area contributed by atoms with Gasteiger partial charge in [0.2, 0.25) is 0 Å². The van der Waals surface area contributed by atoms with Crippen molar-refractivity contribution >= 4 is 34.2 Å². The molecular weight excluding hydrogens is 683 g/mol. The lowest BCUT2D eigenvalue weighted by atomic mass is 9.77. The first-order chi connectivity index (χ1) is 22.1. The molecule has 0 saturated heterocycles. The fourth-order valence-corrected chi connectivity index (χ4v) is 6.77. The lowest BCUT2D eigenvalue weighted by Gasteiger charge is -2.37. The summed E-state index contributed by atoms with van der Waals surface area (Å²) in [5, 5.41) is 0. The van der Waals surface area contributed by atoms with E-state index in [0.717, 1.165) is 20.4 Å². The van der Waals surface area contributed by atoms with Crippen LogP contribution >= 0.6 is 34.2 Å². The number of rotatable bonds is 7. The van der Waals surface area contributed by atoms with Gasteiger partial charge in [0, 0.05) is 6.20 Å². The average molecular weight is 715 g/mol. The van der Waals surface area contributed by atoms with Gasteiger partial charge in [0.15, 0.2) is 0 Å². The maximum Gasteiger partial charge on any atom is 0.121 e. The number of halogens is 2. The monoisotopic (exact) mass is 714 g/mol. The van der Waals surface area contributed by atoms with E-state index in [4.69, 9.17) is 11.6 Å². The van der Waals surface area contributed by atoms with E-state index in [1.807, 2.05) is 60.9 Å². The second-order valence-electron chi connectivity index (χ2n) is 10.7. The van der Waals surface area contributed by atoms with Crippen LogP contribution in [-0.4, -0.2) is 9.55 Å². The highest BCUT2D eigenvalue weighted by Gasteiger charge is 2.38. The summed E-state index contributed by atoms with van der Waals surface area (Å²) < 4.78 is 3.19. The van der Waals surface area contributed by atoms with E-state index in [1.165, 1.54) is 16.7 Å². The second kappa shape index (κ2) is 14.1. The third-order valence-electron chi connectivity index (χ3n) is 8.03. The lowest BCUT2D eigenvalue weighted by molar-refractivity contribution is 0.514. The molecule has 220 valence electrons. The molecular formula is C41H32ClIN2. The van der Waals surface area contributed by atoms with Gasteiger partial charge in [0.1, 0.15) is 14.1 Å². The molecule has 0 bridgehead atoms. The molecule has 7 aromatic rings. The Hall–Kier alpha value is -4.45. The van der Waals surface area contributed by atoms with Crippen molar-refractivity contribution in [3.63, 3.8) is 0 Å². The van der Waals surface area contributed by atoms with Gasteiger partial charge in [-0.25, -0.2) is 4.98 Å². The average Bonchev–Trinajstić information content (AvgIpc) is 3.57. The van der Waals surface area contributed by atoms with Gasteiger partial charge in [0.25, 0.3) is 0 Å². The minimum atomic E-state index is -0.649. The van der Waals surface area contributed by atoms with Crippen molar-refractivity contribution in [1.82, 2.24) is 9.55 Å². The smallest absolute Gasteiger partial charge is 0.121 e. The van der Waals surface area contributed by atoms with Crippen LogP contribution in [0.1, 0.15) is 33.4 Å². The van der Waals surface area contributed by atoms with Crippen molar-refractivity contribution in [2.45, 2.75) is 10.4 Å². The van der Waals surface area contributed by atoms with E-state index in [1.54, 1.807) is 0 Å². The Morgan fingerprint density at radius 1 is 0.422 bits per heavy atom. The number of aromatic nitrogens is 2. The number of imidazole rings is 1. The SMILES string of the molecule is ClC(c1ccccc1)(c1ccccc1)c1ccccc1.Ic1cn(C(c2ccccc2)(c2ccccc2)c2ccccc2)cn1. The molecule has 0 aliphatic rings. The highest BCUT2D eigenvalue weighted by atomic mass is 127.